The predicted molar refractivity (Wildman–Crippen MR) is 58.2 cm³/mol. The van der Waals surface area contributed by atoms with E-state index in [2.05, 4.69) is 0 Å². The van der Waals surface area contributed by atoms with Crippen LogP contribution in [0.15, 0.2) is 5.70 Å². The Morgan fingerprint density at radius 2 is 2.19 bits per heavy atom. The third-order valence-corrected chi connectivity index (χ3v) is 2.22. The fourth-order valence-corrected chi connectivity index (χ4v) is 1.29. The lowest BCUT2D eigenvalue weighted by Gasteiger charge is -2.23. The quantitative estimate of drug-likeness (QED) is 0.735. The maximum Gasteiger partial charge on any atom is 0.412 e. The molecule has 0 aromatic heterocycles. The van der Waals surface area contributed by atoms with Gasteiger partial charge in [0, 0.05) is 6.54 Å². The molecule has 1 fully saturated rings. The topological polar surface area (TPSA) is 77.5 Å². The third kappa shape index (κ3) is 5.53. The first-order chi connectivity index (χ1) is 7.67. The zero-order valence-corrected chi connectivity index (χ0v) is 9.57. The second-order valence-corrected chi connectivity index (χ2v) is 3.50. The number of carbonyl (C=O) groups is 1. The Morgan fingerprint density at radius 3 is 2.50 bits per heavy atom. The lowest BCUT2D eigenvalue weighted by atomic mass is 10.1. The maximum atomic E-state index is 10.4. The van der Waals surface area contributed by atoms with Crippen molar-refractivity contribution in [2.75, 3.05) is 13.2 Å². The predicted octanol–water partition coefficient (Wildman–Crippen LogP) is 2.08. The van der Waals surface area contributed by atoms with Gasteiger partial charge in [-0.05, 0) is 25.7 Å². The van der Waals surface area contributed by atoms with Crippen molar-refractivity contribution in [1.29, 1.82) is 0 Å². The van der Waals surface area contributed by atoms with Crippen LogP contribution in [-0.2, 0) is 9.90 Å². The van der Waals surface area contributed by atoms with Crippen LogP contribution < -0.4 is 0 Å². The van der Waals surface area contributed by atoms with Gasteiger partial charge in [-0.25, -0.2) is 14.7 Å². The molecule has 1 rings (SSSR count). The Hall–Kier alpha value is -1.32. The lowest BCUT2D eigenvalue weighted by Crippen LogP contribution is -2.32. The Labute approximate surface area is 95.4 Å². The lowest BCUT2D eigenvalue weighted by molar-refractivity contribution is 0.152. The van der Waals surface area contributed by atoms with Gasteiger partial charge in [-0.15, -0.1) is 0 Å². The minimum atomic E-state index is -1.05. The van der Waals surface area contributed by atoms with Gasteiger partial charge in [0.15, 0.2) is 0 Å². The number of nitrogens with zero attached hydrogens (tertiary/aromatic N) is 1. The highest BCUT2D eigenvalue weighted by Crippen LogP contribution is 2.17. The fraction of sp³-hybridized carbons (Fsp3) is 0.727. The number of piperidine rings is 1. The fourth-order valence-electron chi connectivity index (χ4n) is 1.29. The summed E-state index contributed by atoms with van der Waals surface area (Å²) in [5.41, 5.74) is 0.267. The number of carbonyl (C=O) groups excluding carboxylic acids is 1. The molecule has 1 heterocycles. The van der Waals surface area contributed by atoms with Crippen molar-refractivity contribution in [3.63, 3.8) is 0 Å². The van der Waals surface area contributed by atoms with E-state index in [0.29, 0.717) is 13.0 Å². The molecule has 0 aliphatic carbocycles. The van der Waals surface area contributed by atoms with E-state index in [1.54, 1.807) is 5.94 Å². The second kappa shape index (κ2) is 8.95. The first-order valence-electron chi connectivity index (χ1n) is 5.49. The standard InChI is InChI=1S/C7H9NO3.C4H9O/c9-5-6-3-1-2-4-8(6)7(10)11;1-2-3-4-5/h1-4H2,(H,10,11);2-4H2,1H3. The van der Waals surface area contributed by atoms with E-state index in [1.807, 2.05) is 6.92 Å². The first kappa shape index (κ1) is 14.7. The van der Waals surface area contributed by atoms with Gasteiger partial charge in [0.05, 0.1) is 6.61 Å². The molecule has 1 N–H and O–H groups in total. The van der Waals surface area contributed by atoms with Crippen LogP contribution in [0.4, 0.5) is 4.79 Å². The first-order valence-corrected chi connectivity index (χ1v) is 5.49. The molecule has 0 saturated carbocycles. The highest BCUT2D eigenvalue weighted by Gasteiger charge is 2.20. The van der Waals surface area contributed by atoms with E-state index >= 15 is 0 Å². The summed E-state index contributed by atoms with van der Waals surface area (Å²) in [5.74, 6) is 1.65. The molecule has 1 aliphatic heterocycles. The van der Waals surface area contributed by atoms with Crippen molar-refractivity contribution >= 4 is 12.0 Å². The Morgan fingerprint density at radius 1 is 1.50 bits per heavy atom. The molecule has 5 heteroatoms. The van der Waals surface area contributed by atoms with E-state index in [4.69, 9.17) is 5.11 Å². The molecule has 1 radical (unpaired) electrons. The Kier molecular flexibility index (Phi) is 8.21. The Balaban J connectivity index is 0.000000385. The van der Waals surface area contributed by atoms with Gasteiger partial charge in [0.25, 0.3) is 0 Å². The zero-order valence-electron chi connectivity index (χ0n) is 9.57. The van der Waals surface area contributed by atoms with Crippen molar-refractivity contribution in [3.05, 3.63) is 5.70 Å². The molecule has 1 saturated heterocycles. The number of likely N-dealkylation sites (tertiary alicyclic amines) is 1. The van der Waals surface area contributed by atoms with Crippen molar-refractivity contribution in [3.8, 4) is 0 Å². The molecule has 0 spiro atoms. The van der Waals surface area contributed by atoms with Gasteiger partial charge in [0.2, 0.25) is 0 Å². The van der Waals surface area contributed by atoms with Gasteiger partial charge >= 0.3 is 6.09 Å². The molecule has 0 aromatic carbocycles. The van der Waals surface area contributed by atoms with Gasteiger partial charge in [0.1, 0.15) is 11.6 Å². The summed E-state index contributed by atoms with van der Waals surface area (Å²) in [6, 6.07) is 0. The smallest absolute Gasteiger partial charge is 0.412 e. The minimum absolute atomic E-state index is 0.0938. The van der Waals surface area contributed by atoms with E-state index in [1.165, 1.54) is 0 Å². The average molecular weight is 228 g/mol. The maximum absolute atomic E-state index is 10.4. The summed E-state index contributed by atoms with van der Waals surface area (Å²) < 4.78 is 0. The summed E-state index contributed by atoms with van der Waals surface area (Å²) in [5, 5.41) is 18.1. The molecule has 5 nitrogen and oxygen atoms in total. The van der Waals surface area contributed by atoms with Crippen LogP contribution in [0.2, 0.25) is 0 Å². The van der Waals surface area contributed by atoms with Gasteiger partial charge < -0.3 is 5.11 Å². The molecule has 0 aromatic rings. The summed E-state index contributed by atoms with van der Waals surface area (Å²) in [6.45, 7) is 2.54. The van der Waals surface area contributed by atoms with Crippen LogP contribution in [0, 0.1) is 0 Å². The largest absolute Gasteiger partial charge is 0.465 e. The molecule has 0 atom stereocenters. The van der Waals surface area contributed by atoms with Crippen LogP contribution in [-0.4, -0.2) is 35.2 Å². The van der Waals surface area contributed by atoms with Gasteiger partial charge in [-0.3, -0.25) is 4.90 Å². The number of allylic oxidation sites excluding steroid dienone is 1. The number of hydrogen-bond donors (Lipinski definition) is 1. The van der Waals surface area contributed by atoms with Crippen molar-refractivity contribution in [2.45, 2.75) is 39.0 Å². The summed E-state index contributed by atoms with van der Waals surface area (Å²) in [7, 11) is 0. The Bertz CT molecular complexity index is 257. The number of rotatable bonds is 2. The van der Waals surface area contributed by atoms with E-state index in [9.17, 15) is 14.7 Å². The van der Waals surface area contributed by atoms with Gasteiger partial charge in [-0.1, -0.05) is 13.3 Å². The van der Waals surface area contributed by atoms with E-state index in [0.717, 1.165) is 30.6 Å². The third-order valence-electron chi connectivity index (χ3n) is 2.22. The van der Waals surface area contributed by atoms with E-state index in [-0.39, 0.29) is 12.3 Å². The van der Waals surface area contributed by atoms with Crippen molar-refractivity contribution in [2.24, 2.45) is 0 Å². The highest BCUT2D eigenvalue weighted by molar-refractivity contribution is 5.71. The second-order valence-electron chi connectivity index (χ2n) is 3.50. The molecule has 1 amide bonds. The summed E-state index contributed by atoms with van der Waals surface area (Å²) in [4.78, 5) is 21.7. The summed E-state index contributed by atoms with van der Waals surface area (Å²) >= 11 is 0. The highest BCUT2D eigenvalue weighted by atomic mass is 16.4. The van der Waals surface area contributed by atoms with Crippen molar-refractivity contribution < 1.29 is 19.8 Å². The SMILES string of the molecule is CCCC[O].O=C=C1CCCCN1C(=O)O. The molecular weight excluding hydrogens is 210 g/mol. The normalized spacial score (nSPS) is 14.9. The molecule has 91 valence electrons. The molecular formula is C11H18NO4. The van der Waals surface area contributed by atoms with Crippen LogP contribution in [0.25, 0.3) is 0 Å². The summed E-state index contributed by atoms with van der Waals surface area (Å²) in [6.07, 6.45) is 3.06. The average Bonchev–Trinajstić information content (AvgIpc) is 2.31. The van der Waals surface area contributed by atoms with Crippen molar-refractivity contribution in [1.82, 2.24) is 4.90 Å². The zero-order chi connectivity index (χ0) is 12.4. The van der Waals surface area contributed by atoms with Gasteiger partial charge in [-0.2, -0.15) is 0 Å². The molecule has 0 unspecified atom stereocenters. The number of carboxylic acid groups (broad SMARTS) is 1. The van der Waals surface area contributed by atoms with E-state index < -0.39 is 6.09 Å². The molecule has 1 aliphatic rings. The number of amides is 1. The minimum Gasteiger partial charge on any atom is -0.465 e. The number of hydrogen-bond acceptors (Lipinski definition) is 2. The van der Waals surface area contributed by atoms with Crippen LogP contribution >= 0.6 is 0 Å². The van der Waals surface area contributed by atoms with Crippen LogP contribution in [0.1, 0.15) is 39.0 Å². The number of unbranched alkanes of at least 4 members (excludes halogenated alkanes) is 1. The van der Waals surface area contributed by atoms with Crippen LogP contribution in [0.3, 0.4) is 0 Å². The molecule has 0 bridgehead atoms. The van der Waals surface area contributed by atoms with Crippen LogP contribution in [0.5, 0.6) is 0 Å². The monoisotopic (exact) mass is 228 g/mol. The molecule has 16 heavy (non-hydrogen) atoms.